The molecule has 0 saturated carbocycles. The summed E-state index contributed by atoms with van der Waals surface area (Å²) < 4.78 is 24.3. The molecule has 0 aliphatic heterocycles. The van der Waals surface area contributed by atoms with Gasteiger partial charge >= 0.3 is 0 Å². The van der Waals surface area contributed by atoms with Gasteiger partial charge in [-0.25, -0.2) is 9.38 Å². The molecule has 0 fully saturated rings. The highest BCUT2D eigenvalue weighted by atomic mass is 19.1. The summed E-state index contributed by atoms with van der Waals surface area (Å²) in [5.41, 5.74) is 7.53. The Morgan fingerprint density at radius 2 is 1.96 bits per heavy atom. The number of rotatable bonds is 7. The highest BCUT2D eigenvalue weighted by Crippen LogP contribution is 2.27. The van der Waals surface area contributed by atoms with Gasteiger partial charge in [0.1, 0.15) is 5.82 Å². The minimum absolute atomic E-state index is 0.104. The lowest BCUT2D eigenvalue weighted by molar-refractivity contribution is 0.354. The lowest BCUT2D eigenvalue weighted by atomic mass is 10.1. The van der Waals surface area contributed by atoms with Crippen molar-refractivity contribution in [1.29, 1.82) is 5.26 Å². The number of nitrogens with zero attached hydrogens (tertiary/aromatic N) is 2. The van der Waals surface area contributed by atoms with Gasteiger partial charge in [-0.2, -0.15) is 5.26 Å². The monoisotopic (exact) mass is 356 g/mol. The number of hydrogen-bond donors (Lipinski definition) is 2. The highest BCUT2D eigenvalue weighted by Gasteiger charge is 2.05. The van der Waals surface area contributed by atoms with E-state index in [0.29, 0.717) is 30.0 Å². The largest absolute Gasteiger partial charge is 0.493 e. The van der Waals surface area contributed by atoms with Gasteiger partial charge < -0.3 is 20.5 Å². The molecule has 2 rings (SSSR count). The molecule has 26 heavy (non-hydrogen) atoms. The maximum absolute atomic E-state index is 13.8. The van der Waals surface area contributed by atoms with Gasteiger partial charge in [-0.05, 0) is 36.2 Å². The number of nitrogens with two attached hydrogens (primary N) is 1. The van der Waals surface area contributed by atoms with Crippen LogP contribution >= 0.6 is 0 Å². The van der Waals surface area contributed by atoms with Crippen molar-refractivity contribution in [2.75, 3.05) is 20.8 Å². The van der Waals surface area contributed by atoms with Crippen LogP contribution in [0.2, 0.25) is 0 Å². The Labute approximate surface area is 152 Å². The molecule has 0 spiro atoms. The van der Waals surface area contributed by atoms with Crippen LogP contribution in [0.1, 0.15) is 16.7 Å². The summed E-state index contributed by atoms with van der Waals surface area (Å²) in [6, 6.07) is 11.9. The first-order valence-corrected chi connectivity index (χ1v) is 8.00. The normalized spacial score (nSPS) is 10.9. The van der Waals surface area contributed by atoms with E-state index in [-0.39, 0.29) is 18.1 Å². The summed E-state index contributed by atoms with van der Waals surface area (Å²) in [6.07, 6.45) is 0.710. The van der Waals surface area contributed by atoms with E-state index in [1.54, 1.807) is 20.3 Å². The van der Waals surface area contributed by atoms with Gasteiger partial charge in [0.05, 0.1) is 32.4 Å². The Balaban J connectivity index is 1.87. The van der Waals surface area contributed by atoms with E-state index in [2.05, 4.69) is 10.3 Å². The van der Waals surface area contributed by atoms with Gasteiger partial charge in [-0.15, -0.1) is 0 Å². The molecule has 0 aromatic heterocycles. The van der Waals surface area contributed by atoms with Crippen molar-refractivity contribution in [3.8, 4) is 17.6 Å². The van der Waals surface area contributed by atoms with Gasteiger partial charge in [0.25, 0.3) is 0 Å². The van der Waals surface area contributed by atoms with Gasteiger partial charge in [0.2, 0.25) is 0 Å². The molecule has 3 N–H and O–H groups in total. The smallest absolute Gasteiger partial charge is 0.188 e. The van der Waals surface area contributed by atoms with Crippen LogP contribution in [0.3, 0.4) is 0 Å². The molecule has 0 radical (unpaired) electrons. The van der Waals surface area contributed by atoms with Crippen molar-refractivity contribution in [1.82, 2.24) is 5.32 Å². The summed E-state index contributed by atoms with van der Waals surface area (Å²) in [7, 11) is 3.18. The predicted octanol–water partition coefficient (Wildman–Crippen LogP) is 2.36. The van der Waals surface area contributed by atoms with E-state index in [9.17, 15) is 4.39 Å². The van der Waals surface area contributed by atoms with Gasteiger partial charge in [-0.3, -0.25) is 0 Å². The zero-order chi connectivity index (χ0) is 18.9. The topological polar surface area (TPSA) is 92.7 Å². The van der Waals surface area contributed by atoms with Gasteiger partial charge in [-0.1, -0.05) is 12.1 Å². The molecule has 2 aromatic carbocycles. The Kier molecular flexibility index (Phi) is 6.80. The van der Waals surface area contributed by atoms with E-state index >= 15 is 0 Å². The van der Waals surface area contributed by atoms with Crippen molar-refractivity contribution >= 4 is 5.96 Å². The van der Waals surface area contributed by atoms with E-state index in [4.69, 9.17) is 20.5 Å². The molecule has 7 heteroatoms. The fourth-order valence-electron chi connectivity index (χ4n) is 2.34. The maximum Gasteiger partial charge on any atom is 0.188 e. The number of nitriles is 1. The van der Waals surface area contributed by atoms with E-state index in [0.717, 1.165) is 5.56 Å². The molecule has 0 aliphatic carbocycles. The molecule has 0 atom stereocenters. The first kappa shape index (κ1) is 19.1. The summed E-state index contributed by atoms with van der Waals surface area (Å²) in [5, 5.41) is 11.7. The zero-order valence-corrected chi connectivity index (χ0v) is 14.8. The van der Waals surface area contributed by atoms with Crippen molar-refractivity contribution in [3.63, 3.8) is 0 Å². The first-order valence-electron chi connectivity index (χ1n) is 8.00. The van der Waals surface area contributed by atoms with Crippen LogP contribution in [-0.4, -0.2) is 26.7 Å². The van der Waals surface area contributed by atoms with Crippen LogP contribution in [0.4, 0.5) is 4.39 Å². The second kappa shape index (κ2) is 9.28. The number of ether oxygens (including phenoxy) is 2. The average Bonchev–Trinajstić information content (AvgIpc) is 2.66. The quantitative estimate of drug-likeness (QED) is 0.587. The van der Waals surface area contributed by atoms with Crippen LogP contribution in [0.15, 0.2) is 41.4 Å². The zero-order valence-electron chi connectivity index (χ0n) is 14.8. The molecule has 0 heterocycles. The number of hydrogen-bond acceptors (Lipinski definition) is 4. The molecular weight excluding hydrogens is 335 g/mol. The van der Waals surface area contributed by atoms with Crippen molar-refractivity contribution in [3.05, 3.63) is 58.9 Å². The van der Waals surface area contributed by atoms with E-state index in [1.165, 1.54) is 12.1 Å². The van der Waals surface area contributed by atoms with E-state index in [1.807, 2.05) is 24.3 Å². The van der Waals surface area contributed by atoms with Crippen molar-refractivity contribution in [2.45, 2.75) is 13.0 Å². The molecule has 2 aromatic rings. The minimum Gasteiger partial charge on any atom is -0.493 e. The molecule has 0 aliphatic rings. The van der Waals surface area contributed by atoms with Crippen LogP contribution in [0.25, 0.3) is 0 Å². The SMILES string of the molecule is COc1ccc(CCNC(N)=NCc2ccc(C#N)cc2F)cc1OC. The minimum atomic E-state index is -0.467. The Morgan fingerprint density at radius 3 is 2.62 bits per heavy atom. The van der Waals surface area contributed by atoms with Gasteiger partial charge in [0, 0.05) is 12.1 Å². The van der Waals surface area contributed by atoms with Crippen LogP contribution in [-0.2, 0) is 13.0 Å². The van der Waals surface area contributed by atoms with Crippen LogP contribution < -0.4 is 20.5 Å². The fourth-order valence-corrected chi connectivity index (χ4v) is 2.34. The molecule has 0 bridgehead atoms. The fraction of sp³-hybridized carbons (Fsp3) is 0.263. The maximum atomic E-state index is 13.8. The van der Waals surface area contributed by atoms with Crippen molar-refractivity contribution in [2.24, 2.45) is 10.7 Å². The Morgan fingerprint density at radius 1 is 1.19 bits per heavy atom. The highest BCUT2D eigenvalue weighted by molar-refractivity contribution is 5.77. The molecular formula is C19H21FN4O2. The summed E-state index contributed by atoms with van der Waals surface area (Å²) >= 11 is 0. The standard InChI is InChI=1S/C19H21FN4O2/c1-25-17-6-4-13(10-18(17)26-2)7-8-23-19(22)24-12-15-5-3-14(11-21)9-16(15)20/h3-6,9-10H,7-8,12H2,1-2H3,(H3,22,23,24). The summed E-state index contributed by atoms with van der Waals surface area (Å²) in [4.78, 5) is 4.12. The Hall–Kier alpha value is -3.27. The Bertz CT molecular complexity index is 831. The second-order valence-electron chi connectivity index (χ2n) is 5.49. The number of nitrogens with one attached hydrogen (secondary N) is 1. The van der Waals surface area contributed by atoms with Gasteiger partial charge in [0.15, 0.2) is 17.5 Å². The third-order valence-corrected chi connectivity index (χ3v) is 3.77. The summed E-state index contributed by atoms with van der Waals surface area (Å²) in [6.45, 7) is 0.674. The van der Waals surface area contributed by atoms with Crippen molar-refractivity contribution < 1.29 is 13.9 Å². The average molecular weight is 356 g/mol. The van der Waals surface area contributed by atoms with Crippen LogP contribution in [0, 0.1) is 17.1 Å². The molecule has 0 amide bonds. The van der Waals surface area contributed by atoms with E-state index < -0.39 is 5.82 Å². The molecule has 136 valence electrons. The number of methoxy groups -OCH3 is 2. The molecule has 0 unspecified atom stereocenters. The van der Waals surface area contributed by atoms with Crippen LogP contribution in [0.5, 0.6) is 11.5 Å². The molecule has 0 saturated heterocycles. The summed E-state index contributed by atoms with van der Waals surface area (Å²) in [5.74, 6) is 1.11. The predicted molar refractivity (Wildman–Crippen MR) is 97.7 cm³/mol. The lowest BCUT2D eigenvalue weighted by Crippen LogP contribution is -2.33. The number of benzene rings is 2. The number of halogens is 1. The number of guanidine groups is 1. The third-order valence-electron chi connectivity index (χ3n) is 3.77. The third kappa shape index (κ3) is 5.11. The second-order valence-corrected chi connectivity index (χ2v) is 5.49. The number of aliphatic imine (C=N–C) groups is 1. The molecule has 6 nitrogen and oxygen atoms in total. The lowest BCUT2D eigenvalue weighted by Gasteiger charge is -2.10. The first-order chi connectivity index (χ1) is 12.6.